The number of aromatic nitrogens is 4. The van der Waals surface area contributed by atoms with Gasteiger partial charge < -0.3 is 4.74 Å². The van der Waals surface area contributed by atoms with Crippen molar-refractivity contribution in [3.05, 3.63) is 35.7 Å². The molecule has 0 aliphatic rings. The molecule has 0 spiro atoms. The third-order valence-corrected chi connectivity index (χ3v) is 6.71. The number of sulfone groups is 1. The summed E-state index contributed by atoms with van der Waals surface area (Å²) in [7, 11) is -7.32. The molecule has 172 valence electrons. The van der Waals surface area contributed by atoms with E-state index in [1.54, 1.807) is 17.7 Å². The van der Waals surface area contributed by atoms with Crippen LogP contribution in [0.15, 0.2) is 34.4 Å². The molecule has 0 saturated heterocycles. The fourth-order valence-electron chi connectivity index (χ4n) is 2.97. The second kappa shape index (κ2) is 8.70. The summed E-state index contributed by atoms with van der Waals surface area (Å²) >= 11 is 0. The Bertz CT molecular complexity index is 1400. The van der Waals surface area contributed by atoms with Crippen molar-refractivity contribution in [1.82, 2.24) is 24.1 Å². The van der Waals surface area contributed by atoms with Crippen LogP contribution < -0.4 is 14.8 Å². The van der Waals surface area contributed by atoms with Crippen LogP contribution in [-0.4, -0.2) is 55.6 Å². The first kappa shape index (κ1) is 23.4. The van der Waals surface area contributed by atoms with Crippen LogP contribution in [0, 0.1) is 6.92 Å². The van der Waals surface area contributed by atoms with Crippen LogP contribution in [0.5, 0.6) is 5.88 Å². The molecule has 0 aliphatic carbocycles. The number of rotatable bonds is 7. The number of aryl methyl sites for hydroxylation is 2. The van der Waals surface area contributed by atoms with Crippen LogP contribution in [0.1, 0.15) is 24.6 Å². The standard InChI is InChI=1S/C18H22N6O6S2/c1-5-6-12-7-8-13-20-15(31(4,26)27)16(24(13)10-12)32(28,29)23-18(25)22-17-19-11(2)9-14(21-17)30-3/h7-10H,5-6H2,1-4H3,(H2,19,21,22,23,25). The molecule has 0 aliphatic heterocycles. The predicted octanol–water partition coefficient (Wildman–Crippen LogP) is 1.31. The van der Waals surface area contributed by atoms with E-state index in [2.05, 4.69) is 20.3 Å². The van der Waals surface area contributed by atoms with Crippen LogP contribution in [-0.2, 0) is 26.3 Å². The highest BCUT2D eigenvalue weighted by Crippen LogP contribution is 2.23. The second-order valence-corrected chi connectivity index (χ2v) is 10.5. The summed E-state index contributed by atoms with van der Waals surface area (Å²) in [5, 5.41) is 0.875. The van der Waals surface area contributed by atoms with Gasteiger partial charge in [-0.15, -0.1) is 0 Å². The van der Waals surface area contributed by atoms with Gasteiger partial charge in [0.2, 0.25) is 11.8 Å². The van der Waals surface area contributed by atoms with Gasteiger partial charge in [0.1, 0.15) is 5.65 Å². The molecular formula is C18H22N6O6S2. The maximum absolute atomic E-state index is 13.1. The van der Waals surface area contributed by atoms with Crippen molar-refractivity contribution in [2.45, 2.75) is 36.7 Å². The van der Waals surface area contributed by atoms with Crippen molar-refractivity contribution in [1.29, 1.82) is 0 Å². The van der Waals surface area contributed by atoms with E-state index in [0.29, 0.717) is 12.1 Å². The number of pyridine rings is 1. The maximum atomic E-state index is 13.1. The number of nitrogens with zero attached hydrogens (tertiary/aromatic N) is 4. The van der Waals surface area contributed by atoms with E-state index in [0.717, 1.165) is 22.6 Å². The monoisotopic (exact) mass is 482 g/mol. The zero-order valence-corrected chi connectivity index (χ0v) is 19.4. The van der Waals surface area contributed by atoms with Gasteiger partial charge in [0.15, 0.2) is 19.9 Å². The van der Waals surface area contributed by atoms with E-state index >= 15 is 0 Å². The molecule has 2 amide bonds. The van der Waals surface area contributed by atoms with E-state index in [4.69, 9.17) is 4.74 Å². The summed E-state index contributed by atoms with van der Waals surface area (Å²) in [4.78, 5) is 24.3. The summed E-state index contributed by atoms with van der Waals surface area (Å²) in [5.74, 6) is -0.0264. The number of methoxy groups -OCH3 is 1. The van der Waals surface area contributed by atoms with Gasteiger partial charge in [0.25, 0.3) is 10.0 Å². The number of imidazole rings is 1. The molecule has 0 aromatic carbocycles. The number of sulfonamides is 1. The van der Waals surface area contributed by atoms with Crippen LogP contribution in [0.25, 0.3) is 5.65 Å². The van der Waals surface area contributed by atoms with Gasteiger partial charge in [0.05, 0.1) is 7.11 Å². The summed E-state index contributed by atoms with van der Waals surface area (Å²) in [6, 6.07) is 3.59. The molecule has 0 atom stereocenters. The third kappa shape index (κ3) is 4.96. The largest absolute Gasteiger partial charge is 0.481 e. The second-order valence-electron chi connectivity index (χ2n) is 6.94. The fraction of sp³-hybridized carbons (Fsp3) is 0.333. The molecule has 3 aromatic heterocycles. The molecule has 3 rings (SSSR count). The van der Waals surface area contributed by atoms with Gasteiger partial charge in [-0.05, 0) is 25.0 Å². The quantitative estimate of drug-likeness (QED) is 0.505. The van der Waals surface area contributed by atoms with E-state index in [9.17, 15) is 21.6 Å². The number of nitrogens with one attached hydrogen (secondary N) is 2. The Kier molecular flexibility index (Phi) is 6.37. The highest BCUT2D eigenvalue weighted by atomic mass is 32.2. The van der Waals surface area contributed by atoms with Crippen molar-refractivity contribution in [2.24, 2.45) is 0 Å². The number of urea groups is 1. The van der Waals surface area contributed by atoms with Gasteiger partial charge in [-0.25, -0.2) is 27.9 Å². The average molecular weight is 483 g/mol. The highest BCUT2D eigenvalue weighted by Gasteiger charge is 2.32. The minimum Gasteiger partial charge on any atom is -0.481 e. The number of carbonyl (C=O) groups excluding carboxylic acids is 1. The van der Waals surface area contributed by atoms with Crippen LogP contribution in [0.4, 0.5) is 10.7 Å². The third-order valence-electron chi connectivity index (χ3n) is 4.24. The average Bonchev–Trinajstić information content (AvgIpc) is 3.07. The molecule has 0 unspecified atom stereocenters. The number of anilines is 1. The lowest BCUT2D eigenvalue weighted by Gasteiger charge is -2.10. The molecule has 0 bridgehead atoms. The number of fused-ring (bicyclic) bond motifs is 1. The molecule has 3 aromatic rings. The summed E-state index contributed by atoms with van der Waals surface area (Å²) in [6.07, 6.45) is 3.76. The van der Waals surface area contributed by atoms with Crippen molar-refractivity contribution in [3.8, 4) is 5.88 Å². The number of amides is 2. The molecule has 0 radical (unpaired) electrons. The lowest BCUT2D eigenvalue weighted by molar-refractivity contribution is 0.256. The Labute approximate surface area is 185 Å². The lowest BCUT2D eigenvalue weighted by Crippen LogP contribution is -2.36. The summed E-state index contributed by atoms with van der Waals surface area (Å²) in [6.45, 7) is 3.58. The number of hydrogen-bond acceptors (Lipinski definition) is 9. The zero-order valence-electron chi connectivity index (χ0n) is 17.8. The van der Waals surface area contributed by atoms with Crippen molar-refractivity contribution >= 4 is 37.5 Å². The van der Waals surface area contributed by atoms with E-state index in [-0.39, 0.29) is 17.5 Å². The van der Waals surface area contributed by atoms with E-state index < -0.39 is 35.9 Å². The first-order valence-corrected chi connectivity index (χ1v) is 12.8. The summed E-state index contributed by atoms with van der Waals surface area (Å²) in [5.41, 5.74) is 1.36. The normalized spacial score (nSPS) is 12.0. The molecule has 0 fully saturated rings. The van der Waals surface area contributed by atoms with Crippen molar-refractivity contribution < 1.29 is 26.4 Å². The Hall–Kier alpha value is -3.26. The molecule has 14 heteroatoms. The van der Waals surface area contributed by atoms with Crippen molar-refractivity contribution in [3.63, 3.8) is 0 Å². The van der Waals surface area contributed by atoms with Crippen LogP contribution >= 0.6 is 0 Å². The van der Waals surface area contributed by atoms with Gasteiger partial charge in [-0.1, -0.05) is 19.4 Å². The first-order chi connectivity index (χ1) is 14.9. The molecule has 32 heavy (non-hydrogen) atoms. The Morgan fingerprint density at radius 2 is 1.88 bits per heavy atom. The predicted molar refractivity (Wildman–Crippen MR) is 115 cm³/mol. The molecular weight excluding hydrogens is 460 g/mol. The van der Waals surface area contributed by atoms with Crippen LogP contribution in [0.2, 0.25) is 0 Å². The molecule has 0 saturated carbocycles. The minimum absolute atomic E-state index is 0.109. The van der Waals surface area contributed by atoms with Gasteiger partial charge in [-0.2, -0.15) is 13.4 Å². The van der Waals surface area contributed by atoms with E-state index in [1.165, 1.54) is 25.4 Å². The van der Waals surface area contributed by atoms with Gasteiger partial charge in [0, 0.05) is 24.2 Å². The number of ether oxygens (including phenoxy) is 1. The molecule has 2 N–H and O–H groups in total. The SMILES string of the molecule is CCCc1ccc2nc(S(C)(=O)=O)c(S(=O)(=O)NC(=O)Nc3nc(C)cc(OC)n3)n2c1. The van der Waals surface area contributed by atoms with Gasteiger partial charge in [-0.3, -0.25) is 9.72 Å². The van der Waals surface area contributed by atoms with E-state index in [1.807, 2.05) is 6.92 Å². The molecule has 3 heterocycles. The summed E-state index contributed by atoms with van der Waals surface area (Å²) < 4.78 is 58.6. The number of hydrogen-bond donors (Lipinski definition) is 2. The van der Waals surface area contributed by atoms with Crippen molar-refractivity contribution in [2.75, 3.05) is 18.7 Å². The topological polar surface area (TPSA) is 162 Å². The fourth-order valence-corrected chi connectivity index (χ4v) is 5.50. The van der Waals surface area contributed by atoms with Crippen LogP contribution in [0.3, 0.4) is 0 Å². The Morgan fingerprint density at radius 3 is 2.50 bits per heavy atom. The Balaban J connectivity index is 2.03. The van der Waals surface area contributed by atoms with Gasteiger partial charge >= 0.3 is 6.03 Å². The number of carbonyl (C=O) groups is 1. The first-order valence-electron chi connectivity index (χ1n) is 9.39. The lowest BCUT2D eigenvalue weighted by atomic mass is 10.2. The minimum atomic E-state index is -4.66. The maximum Gasteiger partial charge on any atom is 0.335 e. The molecule has 12 nitrogen and oxygen atoms in total. The Morgan fingerprint density at radius 1 is 1.16 bits per heavy atom. The zero-order chi connectivity index (χ0) is 23.7. The smallest absolute Gasteiger partial charge is 0.335 e. The highest BCUT2D eigenvalue weighted by molar-refractivity contribution is 7.93.